The van der Waals surface area contributed by atoms with Gasteiger partial charge in [0.15, 0.2) is 0 Å². The first-order chi connectivity index (χ1) is 11.6. The fourth-order valence-electron chi connectivity index (χ4n) is 3.09. The Hall–Kier alpha value is -1.88. The molecule has 5 nitrogen and oxygen atoms in total. The Morgan fingerprint density at radius 2 is 1.83 bits per heavy atom. The van der Waals surface area contributed by atoms with Crippen molar-refractivity contribution in [1.29, 1.82) is 0 Å². The largest absolute Gasteiger partial charge is 0.388 e. The van der Waals surface area contributed by atoms with Gasteiger partial charge < -0.3 is 15.7 Å². The smallest absolute Gasteiger partial charge is 0.242 e. The van der Waals surface area contributed by atoms with Gasteiger partial charge in [0.25, 0.3) is 0 Å². The van der Waals surface area contributed by atoms with Gasteiger partial charge in [-0.25, -0.2) is 0 Å². The lowest BCUT2D eigenvalue weighted by Gasteiger charge is -2.23. The van der Waals surface area contributed by atoms with Crippen LogP contribution < -0.4 is 10.6 Å². The van der Waals surface area contributed by atoms with Gasteiger partial charge in [-0.3, -0.25) is 9.59 Å². The third-order valence-electron chi connectivity index (χ3n) is 4.63. The summed E-state index contributed by atoms with van der Waals surface area (Å²) in [5.74, 6) is -0.171. The molecular weight excluding hydrogens is 304 g/mol. The van der Waals surface area contributed by atoms with E-state index >= 15 is 0 Å². The van der Waals surface area contributed by atoms with E-state index in [0.717, 1.165) is 31.2 Å². The van der Waals surface area contributed by atoms with Crippen molar-refractivity contribution in [2.75, 3.05) is 6.54 Å². The summed E-state index contributed by atoms with van der Waals surface area (Å²) in [6, 6.07) is 8.82. The molecule has 1 aromatic carbocycles. The number of rotatable bonds is 7. The molecule has 1 aliphatic rings. The van der Waals surface area contributed by atoms with E-state index in [4.69, 9.17) is 0 Å². The molecule has 2 atom stereocenters. The normalized spacial score (nSPS) is 17.8. The molecule has 2 unspecified atom stereocenters. The molecule has 24 heavy (non-hydrogen) atoms. The highest BCUT2D eigenvalue weighted by Gasteiger charge is 2.24. The molecule has 2 rings (SSSR count). The van der Waals surface area contributed by atoms with Crippen LogP contribution >= 0.6 is 0 Å². The number of nitrogens with one attached hydrogen (secondary N) is 2. The van der Waals surface area contributed by atoms with Crippen LogP contribution in [0.4, 0.5) is 0 Å². The molecule has 2 amide bonds. The topological polar surface area (TPSA) is 78.4 Å². The molecule has 0 aliphatic heterocycles. The van der Waals surface area contributed by atoms with Crippen molar-refractivity contribution >= 4 is 11.8 Å². The first-order valence-corrected chi connectivity index (χ1v) is 8.89. The summed E-state index contributed by atoms with van der Waals surface area (Å²) < 4.78 is 0. The lowest BCUT2D eigenvalue weighted by atomic mass is 9.88. The number of amides is 2. The average molecular weight is 332 g/mol. The predicted octanol–water partition coefficient (Wildman–Crippen LogP) is 2.31. The summed E-state index contributed by atoms with van der Waals surface area (Å²) in [7, 11) is 0. The monoisotopic (exact) mass is 332 g/mol. The number of carbonyl (C=O) groups is 2. The zero-order valence-electron chi connectivity index (χ0n) is 14.3. The molecular formula is C19H28N2O3. The van der Waals surface area contributed by atoms with Crippen LogP contribution in [0, 0.1) is 5.92 Å². The Bertz CT molecular complexity index is 527. The van der Waals surface area contributed by atoms with Crippen molar-refractivity contribution in [2.24, 2.45) is 5.92 Å². The van der Waals surface area contributed by atoms with E-state index in [0.29, 0.717) is 13.0 Å². The zero-order chi connectivity index (χ0) is 17.4. The standard InChI is InChI=1S/C19H28N2O3/c1-14(21-19(24)16-10-6-3-7-11-16)18(23)20-13-12-17(22)15-8-4-2-5-9-15/h2,4-5,8-9,14,16-17,22H,3,6-7,10-13H2,1H3,(H,20,23)(H,21,24). The Morgan fingerprint density at radius 3 is 2.50 bits per heavy atom. The second-order valence-electron chi connectivity index (χ2n) is 6.57. The molecule has 0 heterocycles. The van der Waals surface area contributed by atoms with Gasteiger partial charge in [0.05, 0.1) is 6.10 Å². The molecule has 1 aromatic rings. The maximum atomic E-state index is 12.1. The molecule has 0 aromatic heterocycles. The fourth-order valence-corrected chi connectivity index (χ4v) is 3.09. The molecule has 0 saturated heterocycles. The van der Waals surface area contributed by atoms with E-state index in [-0.39, 0.29) is 17.7 Å². The summed E-state index contributed by atoms with van der Waals surface area (Å²) in [6.45, 7) is 2.07. The van der Waals surface area contributed by atoms with Crippen molar-refractivity contribution in [3.05, 3.63) is 35.9 Å². The summed E-state index contributed by atoms with van der Waals surface area (Å²) >= 11 is 0. The highest BCUT2D eigenvalue weighted by molar-refractivity contribution is 5.88. The van der Waals surface area contributed by atoms with Crippen LogP contribution in [-0.2, 0) is 9.59 Å². The molecule has 1 fully saturated rings. The number of hydrogen-bond donors (Lipinski definition) is 3. The molecule has 132 valence electrons. The second-order valence-corrected chi connectivity index (χ2v) is 6.57. The SMILES string of the molecule is CC(NC(=O)C1CCCCC1)C(=O)NCCC(O)c1ccccc1. The molecule has 5 heteroatoms. The molecule has 1 aliphatic carbocycles. The van der Waals surface area contributed by atoms with E-state index in [1.54, 1.807) is 6.92 Å². The number of benzene rings is 1. The molecule has 1 saturated carbocycles. The third kappa shape index (κ3) is 5.64. The highest BCUT2D eigenvalue weighted by Crippen LogP contribution is 2.23. The van der Waals surface area contributed by atoms with E-state index in [1.165, 1.54) is 6.42 Å². The van der Waals surface area contributed by atoms with Crippen LogP contribution in [0.3, 0.4) is 0 Å². The van der Waals surface area contributed by atoms with E-state index in [9.17, 15) is 14.7 Å². The van der Waals surface area contributed by atoms with Gasteiger partial charge in [0, 0.05) is 12.5 Å². The zero-order valence-corrected chi connectivity index (χ0v) is 14.3. The van der Waals surface area contributed by atoms with Crippen molar-refractivity contribution in [3.63, 3.8) is 0 Å². The van der Waals surface area contributed by atoms with E-state index < -0.39 is 12.1 Å². The molecule has 0 spiro atoms. The fraction of sp³-hybridized carbons (Fsp3) is 0.579. The predicted molar refractivity (Wildman–Crippen MR) is 93.2 cm³/mol. The van der Waals surface area contributed by atoms with Gasteiger partial charge in [-0.15, -0.1) is 0 Å². The number of aliphatic hydroxyl groups excluding tert-OH is 1. The molecule has 3 N–H and O–H groups in total. The summed E-state index contributed by atoms with van der Waals surface area (Å²) in [5.41, 5.74) is 0.838. The van der Waals surface area contributed by atoms with Crippen LogP contribution in [0.2, 0.25) is 0 Å². The van der Waals surface area contributed by atoms with Crippen molar-refractivity contribution < 1.29 is 14.7 Å². The number of carbonyl (C=O) groups excluding carboxylic acids is 2. The van der Waals surface area contributed by atoms with Crippen LogP contribution in [0.25, 0.3) is 0 Å². The minimum Gasteiger partial charge on any atom is -0.388 e. The second kappa shape index (κ2) is 9.42. The maximum Gasteiger partial charge on any atom is 0.242 e. The minimum absolute atomic E-state index is 0.0123. The number of hydrogen-bond acceptors (Lipinski definition) is 3. The Balaban J connectivity index is 1.68. The summed E-state index contributed by atoms with van der Waals surface area (Å²) in [6.07, 6.45) is 5.07. The van der Waals surface area contributed by atoms with Crippen molar-refractivity contribution in [2.45, 2.75) is 57.6 Å². The Kier molecular flexibility index (Phi) is 7.25. The first-order valence-electron chi connectivity index (χ1n) is 8.89. The highest BCUT2D eigenvalue weighted by atomic mass is 16.3. The maximum absolute atomic E-state index is 12.1. The number of aliphatic hydroxyl groups is 1. The van der Waals surface area contributed by atoms with Gasteiger partial charge in [-0.1, -0.05) is 49.6 Å². The van der Waals surface area contributed by atoms with Crippen molar-refractivity contribution in [1.82, 2.24) is 10.6 Å². The van der Waals surface area contributed by atoms with Gasteiger partial charge in [-0.05, 0) is 31.7 Å². The quantitative estimate of drug-likeness (QED) is 0.717. The average Bonchev–Trinajstić information content (AvgIpc) is 2.62. The summed E-state index contributed by atoms with van der Waals surface area (Å²) in [4.78, 5) is 24.2. The van der Waals surface area contributed by atoms with E-state index in [1.807, 2.05) is 30.3 Å². The van der Waals surface area contributed by atoms with Crippen LogP contribution in [0.15, 0.2) is 30.3 Å². The summed E-state index contributed by atoms with van der Waals surface area (Å²) in [5, 5.41) is 15.6. The lowest BCUT2D eigenvalue weighted by Crippen LogP contribution is -2.47. The van der Waals surface area contributed by atoms with Gasteiger partial charge in [0.2, 0.25) is 11.8 Å². The Labute approximate surface area is 143 Å². The first kappa shape index (κ1) is 18.5. The van der Waals surface area contributed by atoms with Crippen LogP contribution in [-0.4, -0.2) is 29.5 Å². The third-order valence-corrected chi connectivity index (χ3v) is 4.63. The van der Waals surface area contributed by atoms with E-state index in [2.05, 4.69) is 10.6 Å². The van der Waals surface area contributed by atoms with Crippen LogP contribution in [0.1, 0.15) is 57.1 Å². The van der Waals surface area contributed by atoms with Crippen LogP contribution in [0.5, 0.6) is 0 Å². The molecule has 0 bridgehead atoms. The van der Waals surface area contributed by atoms with Gasteiger partial charge >= 0.3 is 0 Å². The Morgan fingerprint density at radius 1 is 1.17 bits per heavy atom. The van der Waals surface area contributed by atoms with Gasteiger partial charge in [-0.2, -0.15) is 0 Å². The van der Waals surface area contributed by atoms with Gasteiger partial charge in [0.1, 0.15) is 6.04 Å². The lowest BCUT2D eigenvalue weighted by molar-refractivity contribution is -0.131. The minimum atomic E-state index is -0.598. The molecule has 0 radical (unpaired) electrons. The van der Waals surface area contributed by atoms with Crippen molar-refractivity contribution in [3.8, 4) is 0 Å².